The first-order valence-electron chi connectivity index (χ1n) is 9.35. The molecule has 0 aliphatic heterocycles. The summed E-state index contributed by atoms with van der Waals surface area (Å²) in [5.41, 5.74) is 1.09. The molecule has 2 aromatic rings. The summed E-state index contributed by atoms with van der Waals surface area (Å²) in [4.78, 5) is 25.7. The van der Waals surface area contributed by atoms with Gasteiger partial charge in [-0.1, -0.05) is 37.5 Å². The summed E-state index contributed by atoms with van der Waals surface area (Å²) in [6.45, 7) is 0. The molecular weight excluding hydrogens is 390 g/mol. The minimum Gasteiger partial charge on any atom is -0.349 e. The number of hydrogen-bond acceptors (Lipinski definition) is 4. The monoisotopic (exact) mass is 413 g/mol. The molecule has 1 aromatic carbocycles. The fourth-order valence-electron chi connectivity index (χ4n) is 3.15. The van der Waals surface area contributed by atoms with E-state index in [1.54, 1.807) is 29.5 Å². The maximum atomic E-state index is 12.7. The molecule has 0 saturated heterocycles. The number of para-hydroxylation sites is 1. The first-order chi connectivity index (χ1) is 13.6. The lowest BCUT2D eigenvalue weighted by Gasteiger charge is -2.23. The normalized spacial score (nSPS) is 14.6. The van der Waals surface area contributed by atoms with E-state index >= 15 is 0 Å². The van der Waals surface area contributed by atoms with Gasteiger partial charge in [-0.3, -0.25) is 14.9 Å². The Kier molecular flexibility index (Phi) is 7.33. The highest BCUT2D eigenvalue weighted by Crippen LogP contribution is 2.20. The van der Waals surface area contributed by atoms with Gasteiger partial charge in [-0.2, -0.15) is 0 Å². The van der Waals surface area contributed by atoms with Crippen LogP contribution in [0.1, 0.15) is 47.3 Å². The van der Waals surface area contributed by atoms with Crippen LogP contribution >= 0.6 is 23.6 Å². The Hall–Kier alpha value is -2.51. The first-order valence-corrected chi connectivity index (χ1v) is 10.6. The topological polar surface area (TPSA) is 70.2 Å². The molecule has 1 aliphatic carbocycles. The Bertz CT molecular complexity index is 856. The second-order valence-electron chi connectivity index (χ2n) is 6.65. The molecule has 5 nitrogen and oxygen atoms in total. The van der Waals surface area contributed by atoms with Gasteiger partial charge < -0.3 is 10.6 Å². The third-order valence-corrected chi connectivity index (χ3v) is 5.58. The predicted octanol–water partition coefficient (Wildman–Crippen LogP) is 4.34. The number of nitrogens with one attached hydrogen (secondary N) is 3. The quantitative estimate of drug-likeness (QED) is 0.504. The first kappa shape index (κ1) is 20.2. The van der Waals surface area contributed by atoms with Gasteiger partial charge in [-0.05, 0) is 54.7 Å². The number of thiocarbonyl (C=S) groups is 1. The van der Waals surface area contributed by atoms with Gasteiger partial charge in [0, 0.05) is 17.0 Å². The molecule has 1 aromatic heterocycles. The number of carbonyl (C=O) groups is 2. The van der Waals surface area contributed by atoms with Gasteiger partial charge in [0.25, 0.3) is 5.91 Å². The average molecular weight is 414 g/mol. The van der Waals surface area contributed by atoms with Gasteiger partial charge in [0.1, 0.15) is 0 Å². The van der Waals surface area contributed by atoms with Crippen LogP contribution in [-0.2, 0) is 4.79 Å². The van der Waals surface area contributed by atoms with E-state index in [9.17, 15) is 9.59 Å². The van der Waals surface area contributed by atoms with Gasteiger partial charge in [0.15, 0.2) is 5.11 Å². The van der Waals surface area contributed by atoms with E-state index in [0.717, 1.165) is 30.6 Å². The molecule has 0 atom stereocenters. The van der Waals surface area contributed by atoms with E-state index in [1.165, 1.54) is 12.5 Å². The molecule has 1 saturated carbocycles. The van der Waals surface area contributed by atoms with E-state index < -0.39 is 0 Å². The maximum absolute atomic E-state index is 12.7. The Labute approximate surface area is 174 Å². The van der Waals surface area contributed by atoms with Crippen molar-refractivity contribution in [3.05, 3.63) is 58.3 Å². The molecular formula is C21H23N3O2S2. The van der Waals surface area contributed by atoms with E-state index in [2.05, 4.69) is 16.0 Å². The third kappa shape index (κ3) is 6.00. The van der Waals surface area contributed by atoms with Crippen LogP contribution in [0.25, 0.3) is 6.08 Å². The zero-order valence-electron chi connectivity index (χ0n) is 15.4. The molecule has 28 heavy (non-hydrogen) atoms. The van der Waals surface area contributed by atoms with Crippen LogP contribution in [0, 0.1) is 0 Å². The van der Waals surface area contributed by atoms with Crippen molar-refractivity contribution < 1.29 is 9.59 Å². The average Bonchev–Trinajstić information content (AvgIpc) is 3.21. The van der Waals surface area contributed by atoms with Crippen LogP contribution in [-0.4, -0.2) is 23.0 Å². The fourth-order valence-corrected chi connectivity index (χ4v) is 3.98. The molecule has 0 radical (unpaired) electrons. The van der Waals surface area contributed by atoms with Crippen LogP contribution < -0.4 is 16.0 Å². The van der Waals surface area contributed by atoms with Crippen molar-refractivity contribution in [2.75, 3.05) is 5.32 Å². The van der Waals surface area contributed by atoms with E-state index in [1.807, 2.05) is 29.6 Å². The largest absolute Gasteiger partial charge is 0.349 e. The van der Waals surface area contributed by atoms with Crippen molar-refractivity contribution in [3.63, 3.8) is 0 Å². The van der Waals surface area contributed by atoms with Gasteiger partial charge in [0.05, 0.1) is 11.3 Å². The summed E-state index contributed by atoms with van der Waals surface area (Å²) in [6.07, 6.45) is 8.74. The number of thiophene rings is 1. The number of amides is 2. The van der Waals surface area contributed by atoms with Crippen LogP contribution in [0.5, 0.6) is 0 Å². The molecule has 2 amide bonds. The lowest BCUT2D eigenvalue weighted by Crippen LogP contribution is -2.37. The summed E-state index contributed by atoms with van der Waals surface area (Å²) in [5.74, 6) is -0.447. The molecule has 7 heteroatoms. The summed E-state index contributed by atoms with van der Waals surface area (Å²) in [6, 6.07) is 11.2. The third-order valence-electron chi connectivity index (χ3n) is 4.54. The predicted molar refractivity (Wildman–Crippen MR) is 118 cm³/mol. The van der Waals surface area contributed by atoms with Crippen LogP contribution in [0.15, 0.2) is 47.9 Å². The minimum atomic E-state index is -0.324. The number of hydrogen-bond donors (Lipinski definition) is 3. The molecule has 1 fully saturated rings. The highest BCUT2D eigenvalue weighted by atomic mass is 32.1. The molecule has 0 unspecified atom stereocenters. The van der Waals surface area contributed by atoms with Crippen molar-refractivity contribution >= 4 is 52.2 Å². The highest BCUT2D eigenvalue weighted by molar-refractivity contribution is 7.80. The van der Waals surface area contributed by atoms with Gasteiger partial charge >= 0.3 is 0 Å². The molecule has 0 bridgehead atoms. The maximum Gasteiger partial charge on any atom is 0.253 e. The van der Waals surface area contributed by atoms with Crippen molar-refractivity contribution in [3.8, 4) is 0 Å². The number of benzene rings is 1. The summed E-state index contributed by atoms with van der Waals surface area (Å²) in [7, 11) is 0. The summed E-state index contributed by atoms with van der Waals surface area (Å²) < 4.78 is 0. The molecule has 146 valence electrons. The van der Waals surface area contributed by atoms with Gasteiger partial charge in [-0.15, -0.1) is 11.3 Å². The van der Waals surface area contributed by atoms with Crippen LogP contribution in [0.4, 0.5) is 5.69 Å². The second kappa shape index (κ2) is 10.1. The Morgan fingerprint density at radius 3 is 2.61 bits per heavy atom. The number of anilines is 1. The second-order valence-corrected chi connectivity index (χ2v) is 8.03. The summed E-state index contributed by atoms with van der Waals surface area (Å²) in [5, 5.41) is 10.8. The highest BCUT2D eigenvalue weighted by Gasteiger charge is 2.18. The van der Waals surface area contributed by atoms with E-state index in [0.29, 0.717) is 11.3 Å². The zero-order chi connectivity index (χ0) is 19.8. The Morgan fingerprint density at radius 2 is 1.86 bits per heavy atom. The van der Waals surface area contributed by atoms with Gasteiger partial charge in [0.2, 0.25) is 5.91 Å². The fraction of sp³-hybridized carbons (Fsp3) is 0.286. The van der Waals surface area contributed by atoms with Crippen molar-refractivity contribution in [2.24, 2.45) is 0 Å². The Morgan fingerprint density at radius 1 is 1.07 bits per heavy atom. The zero-order valence-corrected chi connectivity index (χ0v) is 17.1. The molecule has 1 aliphatic rings. The van der Waals surface area contributed by atoms with E-state index in [4.69, 9.17) is 12.2 Å². The summed E-state index contributed by atoms with van der Waals surface area (Å²) >= 11 is 6.77. The van der Waals surface area contributed by atoms with Crippen molar-refractivity contribution in [1.82, 2.24) is 10.6 Å². The molecule has 3 rings (SSSR count). The smallest absolute Gasteiger partial charge is 0.253 e. The lowest BCUT2D eigenvalue weighted by molar-refractivity contribution is -0.115. The van der Waals surface area contributed by atoms with Crippen LogP contribution in [0.2, 0.25) is 0 Å². The van der Waals surface area contributed by atoms with Crippen molar-refractivity contribution in [2.45, 2.75) is 38.1 Å². The van der Waals surface area contributed by atoms with Crippen LogP contribution in [0.3, 0.4) is 0 Å². The van der Waals surface area contributed by atoms with Gasteiger partial charge in [-0.25, -0.2) is 0 Å². The van der Waals surface area contributed by atoms with E-state index in [-0.39, 0.29) is 23.0 Å². The SMILES string of the molecule is O=C(C=Cc1cccs1)NC(=S)Nc1ccccc1C(=O)NC1CCCCC1. The van der Waals surface area contributed by atoms with Crippen molar-refractivity contribution in [1.29, 1.82) is 0 Å². The molecule has 3 N–H and O–H groups in total. The standard InChI is InChI=1S/C21H23N3O2S2/c25-19(13-12-16-9-6-14-28-16)24-21(27)23-18-11-5-4-10-17(18)20(26)22-15-7-2-1-3-8-15/h4-6,9-15H,1-3,7-8H2,(H,22,26)(H2,23,24,25,27). The Balaban J connectivity index is 1.58. The molecule has 1 heterocycles. The molecule has 0 spiro atoms. The number of carbonyl (C=O) groups excluding carboxylic acids is 2. The lowest BCUT2D eigenvalue weighted by atomic mass is 9.95. The number of rotatable bonds is 5. The minimum absolute atomic E-state index is 0.123.